The topological polar surface area (TPSA) is 258 Å². The Balaban J connectivity index is 0.000000113. The number of hydrogen-bond acceptors (Lipinski definition) is 22. The third-order valence-electron chi connectivity index (χ3n) is 8.80. The van der Waals surface area contributed by atoms with E-state index in [0.29, 0.717) is 5.52 Å². The Bertz CT molecular complexity index is 2950. The third-order valence-corrected chi connectivity index (χ3v) is 12.2. The van der Waals surface area contributed by atoms with Crippen LogP contribution in [0.2, 0.25) is 0 Å². The number of fused-ring (bicyclic) bond motifs is 6. The van der Waals surface area contributed by atoms with Crippen LogP contribution in [0.15, 0.2) is 64.6 Å². The number of aryl methyl sites for hydroxylation is 9. The van der Waals surface area contributed by atoms with Crippen LogP contribution in [0.25, 0.3) is 66.2 Å². The first-order valence-corrected chi connectivity index (χ1v) is 23.3. The van der Waals surface area contributed by atoms with E-state index in [4.69, 9.17) is 0 Å². The van der Waals surface area contributed by atoms with Gasteiger partial charge in [-0.3, -0.25) is 19.9 Å². The molecule has 0 radical (unpaired) electrons. The molecule has 0 N–H and O–H groups in total. The molecule has 63 heavy (non-hydrogen) atoms. The number of rotatable bonds is 0. The third kappa shape index (κ3) is 11.2. The fourth-order valence-corrected chi connectivity index (χ4v) is 8.96. The van der Waals surface area contributed by atoms with Gasteiger partial charge in [0.15, 0.2) is 11.0 Å². The van der Waals surface area contributed by atoms with Crippen molar-refractivity contribution in [2.45, 2.75) is 62.3 Å². The van der Waals surface area contributed by atoms with Crippen LogP contribution in [0.1, 0.15) is 50.9 Å². The average molecular weight is 1010 g/mol. The second-order valence-electron chi connectivity index (χ2n) is 13.7. The first-order valence-electron chi connectivity index (χ1n) is 18.7. The van der Waals surface area contributed by atoms with Gasteiger partial charge in [-0.2, -0.15) is 17.5 Å². The molecule has 12 heterocycles. The van der Waals surface area contributed by atoms with Crippen molar-refractivity contribution in [3.63, 3.8) is 0 Å². The van der Waals surface area contributed by atoms with Crippen LogP contribution in [-0.2, 0) is 0 Å². The Kier molecular flexibility index (Phi) is 14.6. The van der Waals surface area contributed by atoms with Crippen LogP contribution in [0.3, 0.4) is 0 Å². The van der Waals surface area contributed by atoms with E-state index < -0.39 is 0 Å². The van der Waals surface area contributed by atoms with E-state index >= 15 is 0 Å². The maximum absolute atomic E-state index is 4.59. The van der Waals surface area contributed by atoms with Gasteiger partial charge in [-0.25, -0.2) is 9.26 Å². The van der Waals surface area contributed by atoms with Gasteiger partial charge in [0, 0.05) is 23.8 Å². The molecule has 0 fully saturated rings. The first kappa shape index (κ1) is 44.6. The van der Waals surface area contributed by atoms with Gasteiger partial charge in [-0.15, -0.1) is 0 Å². The zero-order valence-corrected chi connectivity index (χ0v) is 40.3. The minimum Gasteiger partial charge on any atom is -0.259 e. The van der Waals surface area contributed by atoms with E-state index in [-0.39, 0.29) is 29.9 Å². The Labute approximate surface area is 379 Å². The van der Waals surface area contributed by atoms with Crippen molar-refractivity contribution >= 4 is 120 Å². The predicted octanol–water partition coefficient (Wildman–Crippen LogP) is 6.35. The van der Waals surface area contributed by atoms with Gasteiger partial charge < -0.3 is 0 Å². The van der Waals surface area contributed by atoms with Crippen molar-refractivity contribution in [3.05, 3.63) is 106 Å². The SMILES string of the molecule is Cc1cc2n[se]nc2cn1.Cc1cc2nonc2cn1.Cc1cc2nsnc2cn1.Cc1cnc(C)c2n[se]nc12.Cc1cnc(C)c2nonc12.Cc1cnc(C)c2nsnc12. The molecule has 12 rings (SSSR count). The Morgan fingerprint density at radius 3 is 1.49 bits per heavy atom. The zero-order valence-electron chi connectivity index (χ0n) is 35.2. The fourth-order valence-electron chi connectivity index (χ4n) is 5.37. The average Bonchev–Trinajstić information content (AvgIpc) is 4.14. The molecule has 0 saturated heterocycles. The zero-order chi connectivity index (χ0) is 44.5. The van der Waals surface area contributed by atoms with Crippen LogP contribution < -0.4 is 0 Å². The molecule has 0 atom stereocenters. The number of aromatic nitrogens is 18. The molecule has 0 aromatic carbocycles. The molecule has 20 nitrogen and oxygen atoms in total. The summed E-state index contributed by atoms with van der Waals surface area (Å²) >= 11 is 2.61. The van der Waals surface area contributed by atoms with Gasteiger partial charge in [0.2, 0.25) is 0 Å². The molecule has 0 amide bonds. The van der Waals surface area contributed by atoms with Crippen LogP contribution in [0.4, 0.5) is 0 Å². The molecule has 0 bridgehead atoms. The van der Waals surface area contributed by atoms with E-state index in [0.717, 1.165) is 112 Å². The van der Waals surface area contributed by atoms with E-state index in [9.17, 15) is 0 Å². The second-order valence-corrected chi connectivity index (χ2v) is 17.0. The van der Waals surface area contributed by atoms with Crippen molar-refractivity contribution in [2.24, 2.45) is 0 Å². The van der Waals surface area contributed by atoms with Gasteiger partial charge in [0.1, 0.15) is 33.1 Å². The Hall–Kier alpha value is -6.42. The van der Waals surface area contributed by atoms with Gasteiger partial charge >= 0.3 is 134 Å². The van der Waals surface area contributed by atoms with E-state index in [1.807, 2.05) is 92.9 Å². The summed E-state index contributed by atoms with van der Waals surface area (Å²) in [7, 11) is 0. The quantitative estimate of drug-likeness (QED) is 0.150. The van der Waals surface area contributed by atoms with E-state index in [2.05, 4.69) is 93.2 Å². The smallest absolute Gasteiger partial charge is 0.156 e. The van der Waals surface area contributed by atoms with Gasteiger partial charge in [0.25, 0.3) is 0 Å². The largest absolute Gasteiger partial charge is 0.259 e. The Morgan fingerprint density at radius 2 is 0.810 bits per heavy atom. The summed E-state index contributed by atoms with van der Waals surface area (Å²) < 4.78 is 42.5. The summed E-state index contributed by atoms with van der Waals surface area (Å²) in [5.41, 5.74) is 19.7. The number of pyridine rings is 6. The standard InChI is InChI=1S/C7H7N3O.C7H7N3S.C7H7N3Se.C6H5N3O.C6H5N3S.C6H5N3Se/c3*1-4-3-8-5(2)7-6(4)9-11-10-7;3*1-4-2-5-6(3-7-4)9-10-8-5/h3*3H,1-2H3;3*2-3H,1H3. The molecular formula is C39H36N18O2S2Se2. The summed E-state index contributed by atoms with van der Waals surface area (Å²) in [5, 5.41) is 14.7. The summed E-state index contributed by atoms with van der Waals surface area (Å²) in [4.78, 5) is 24.7. The van der Waals surface area contributed by atoms with Gasteiger partial charge in [0.05, 0.1) is 47.2 Å². The van der Waals surface area contributed by atoms with Crippen LogP contribution >= 0.6 is 23.5 Å². The van der Waals surface area contributed by atoms with Crippen molar-refractivity contribution in [1.29, 1.82) is 0 Å². The van der Waals surface area contributed by atoms with Crippen molar-refractivity contribution in [3.8, 4) is 0 Å². The monoisotopic (exact) mass is 1010 g/mol. The molecule has 0 aliphatic heterocycles. The number of hydrogen-bond donors (Lipinski definition) is 0. The molecular weight excluding hydrogens is 975 g/mol. The molecule has 0 unspecified atom stereocenters. The molecule has 0 spiro atoms. The minimum absolute atomic E-state index is 0.0703. The van der Waals surface area contributed by atoms with E-state index in [1.165, 1.54) is 23.5 Å². The van der Waals surface area contributed by atoms with Crippen molar-refractivity contribution < 1.29 is 9.26 Å². The van der Waals surface area contributed by atoms with Gasteiger partial charge in [-0.1, -0.05) is 0 Å². The van der Waals surface area contributed by atoms with Crippen LogP contribution in [-0.4, -0.2) is 114 Å². The first-order chi connectivity index (χ1) is 30.4. The minimum atomic E-state index is 0.0703. The molecule has 0 aliphatic carbocycles. The Morgan fingerprint density at radius 1 is 0.349 bits per heavy atom. The summed E-state index contributed by atoms with van der Waals surface area (Å²) in [6.45, 7) is 17.5. The normalized spacial score (nSPS) is 10.6. The maximum atomic E-state index is 4.59. The van der Waals surface area contributed by atoms with Crippen LogP contribution in [0, 0.1) is 62.3 Å². The van der Waals surface area contributed by atoms with Crippen LogP contribution in [0.5, 0.6) is 0 Å². The summed E-state index contributed by atoms with van der Waals surface area (Å²) in [6, 6.07) is 5.72. The molecule has 0 saturated carbocycles. The van der Waals surface area contributed by atoms with Crippen molar-refractivity contribution in [1.82, 2.24) is 83.9 Å². The maximum Gasteiger partial charge on any atom is 0.156 e. The molecule has 318 valence electrons. The molecule has 12 aromatic heterocycles. The molecule has 12 aromatic rings. The number of nitrogens with zero attached hydrogens (tertiary/aromatic N) is 18. The second kappa shape index (κ2) is 20.6. The fraction of sp³-hybridized carbons (Fsp3) is 0.231. The summed E-state index contributed by atoms with van der Waals surface area (Å²) in [6.07, 6.45) is 10.6. The van der Waals surface area contributed by atoms with Crippen molar-refractivity contribution in [2.75, 3.05) is 0 Å². The molecule has 0 aliphatic rings. The summed E-state index contributed by atoms with van der Waals surface area (Å²) in [5.74, 6) is 0. The predicted molar refractivity (Wildman–Crippen MR) is 241 cm³/mol. The molecule has 24 heteroatoms. The van der Waals surface area contributed by atoms with E-state index in [1.54, 1.807) is 24.8 Å². The van der Waals surface area contributed by atoms with Gasteiger partial charge in [-0.05, 0) is 85.4 Å².